The summed E-state index contributed by atoms with van der Waals surface area (Å²) in [5, 5.41) is 2.78. The van der Waals surface area contributed by atoms with Crippen molar-refractivity contribution < 1.29 is 14.3 Å². The Morgan fingerprint density at radius 2 is 2.00 bits per heavy atom. The monoisotopic (exact) mass is 271 g/mol. The molecule has 1 aliphatic heterocycles. The quantitative estimate of drug-likeness (QED) is 0.803. The number of amides is 3. The van der Waals surface area contributed by atoms with Crippen LogP contribution < -0.4 is 11.1 Å². The minimum atomic E-state index is -0.528. The first-order valence-corrected chi connectivity index (χ1v) is 6.76. The molecular weight excluding hydrogens is 246 g/mol. The van der Waals surface area contributed by atoms with Crippen LogP contribution in [0, 0.1) is 0 Å². The number of nitrogens with two attached hydrogens (primary N) is 1. The summed E-state index contributed by atoms with van der Waals surface area (Å²) in [5.41, 5.74) is 4.84. The lowest BCUT2D eigenvalue weighted by Crippen LogP contribution is -2.56. The first-order valence-electron chi connectivity index (χ1n) is 6.76. The summed E-state index contributed by atoms with van der Waals surface area (Å²) in [7, 11) is 0. The maximum atomic E-state index is 11.7. The molecule has 0 bridgehead atoms. The molecule has 6 heteroatoms. The van der Waals surface area contributed by atoms with E-state index in [2.05, 4.69) is 5.32 Å². The Balaban J connectivity index is 2.58. The molecule has 0 radical (unpaired) electrons. The number of likely N-dealkylation sites (tertiary alicyclic amines) is 1. The van der Waals surface area contributed by atoms with E-state index in [1.807, 2.05) is 27.7 Å². The third-order valence-electron chi connectivity index (χ3n) is 3.15. The standard InChI is InChI=1S/C13H25N3O3/c1-9(15-12(18)19-13(2,3)4)10-7-5-6-8-16(10)11(14)17/h9-10H,5-8H2,1-4H3,(H2,14,17)(H,15,18)/t9-,10+/m0/s1. The Kier molecular flexibility index (Phi) is 5.03. The van der Waals surface area contributed by atoms with Crippen molar-refractivity contribution in [3.8, 4) is 0 Å². The van der Waals surface area contributed by atoms with E-state index in [1.165, 1.54) is 0 Å². The lowest BCUT2D eigenvalue weighted by atomic mass is 9.97. The molecule has 1 saturated heterocycles. The molecule has 1 heterocycles. The van der Waals surface area contributed by atoms with E-state index < -0.39 is 17.7 Å². The Morgan fingerprint density at radius 1 is 1.37 bits per heavy atom. The number of urea groups is 1. The van der Waals surface area contributed by atoms with E-state index in [1.54, 1.807) is 4.90 Å². The number of rotatable bonds is 2. The van der Waals surface area contributed by atoms with Crippen LogP contribution in [-0.2, 0) is 4.74 Å². The Morgan fingerprint density at radius 3 is 2.53 bits per heavy atom. The predicted molar refractivity (Wildman–Crippen MR) is 72.8 cm³/mol. The van der Waals surface area contributed by atoms with E-state index in [0.29, 0.717) is 6.54 Å². The number of ether oxygens (including phenoxy) is 1. The van der Waals surface area contributed by atoms with Gasteiger partial charge in [-0.1, -0.05) is 0 Å². The SMILES string of the molecule is C[C@H](NC(=O)OC(C)(C)C)[C@H]1CCCCN1C(N)=O. The van der Waals surface area contributed by atoms with Crippen LogP contribution in [0.1, 0.15) is 47.0 Å². The van der Waals surface area contributed by atoms with Crippen LogP contribution in [0.3, 0.4) is 0 Å². The molecule has 0 aromatic carbocycles. The Hall–Kier alpha value is -1.46. The van der Waals surface area contributed by atoms with Crippen LogP contribution in [0.15, 0.2) is 0 Å². The second kappa shape index (κ2) is 6.12. The summed E-state index contributed by atoms with van der Waals surface area (Å²) in [6.07, 6.45) is 2.38. The summed E-state index contributed by atoms with van der Waals surface area (Å²) < 4.78 is 5.21. The molecule has 0 aromatic rings. The number of nitrogens with zero attached hydrogens (tertiary/aromatic N) is 1. The molecule has 110 valence electrons. The van der Waals surface area contributed by atoms with Crippen molar-refractivity contribution in [1.29, 1.82) is 0 Å². The fourth-order valence-corrected chi connectivity index (χ4v) is 2.34. The lowest BCUT2D eigenvalue weighted by molar-refractivity contribution is 0.0464. The molecule has 1 rings (SSSR count). The normalized spacial score (nSPS) is 21.7. The lowest BCUT2D eigenvalue weighted by Gasteiger charge is -2.38. The van der Waals surface area contributed by atoms with E-state index >= 15 is 0 Å². The Bertz CT molecular complexity index is 339. The van der Waals surface area contributed by atoms with Gasteiger partial charge in [0.15, 0.2) is 0 Å². The first-order chi connectivity index (χ1) is 8.70. The van der Waals surface area contributed by atoms with Crippen molar-refractivity contribution in [2.45, 2.75) is 64.6 Å². The molecule has 0 aliphatic carbocycles. The number of primary amides is 1. The highest BCUT2D eigenvalue weighted by molar-refractivity contribution is 5.73. The zero-order chi connectivity index (χ0) is 14.6. The molecule has 3 N–H and O–H groups in total. The van der Waals surface area contributed by atoms with Crippen molar-refractivity contribution >= 4 is 12.1 Å². The van der Waals surface area contributed by atoms with Crippen LogP contribution in [0.2, 0.25) is 0 Å². The molecule has 3 amide bonds. The molecule has 0 saturated carbocycles. The first kappa shape index (κ1) is 15.6. The fraction of sp³-hybridized carbons (Fsp3) is 0.846. The van der Waals surface area contributed by atoms with Crippen molar-refractivity contribution in [2.24, 2.45) is 5.73 Å². The summed E-state index contributed by atoms with van der Waals surface area (Å²) in [4.78, 5) is 24.7. The smallest absolute Gasteiger partial charge is 0.407 e. The van der Waals surface area contributed by atoms with Gasteiger partial charge in [0.1, 0.15) is 5.60 Å². The molecule has 2 atom stereocenters. The highest BCUT2D eigenvalue weighted by Crippen LogP contribution is 2.19. The zero-order valence-corrected chi connectivity index (χ0v) is 12.2. The van der Waals surface area contributed by atoms with Crippen LogP contribution >= 0.6 is 0 Å². The van der Waals surface area contributed by atoms with E-state index in [4.69, 9.17) is 10.5 Å². The molecule has 1 aliphatic rings. The molecule has 0 spiro atoms. The average Bonchev–Trinajstić information content (AvgIpc) is 2.26. The molecule has 0 aromatic heterocycles. The van der Waals surface area contributed by atoms with E-state index in [9.17, 15) is 9.59 Å². The summed E-state index contributed by atoms with van der Waals surface area (Å²) in [5.74, 6) is 0. The van der Waals surface area contributed by atoms with E-state index in [-0.39, 0.29) is 12.1 Å². The number of nitrogens with one attached hydrogen (secondary N) is 1. The Labute approximate surface area is 114 Å². The van der Waals surface area contributed by atoms with Crippen LogP contribution in [0.5, 0.6) is 0 Å². The summed E-state index contributed by atoms with van der Waals surface area (Å²) in [6.45, 7) is 7.96. The number of piperidine rings is 1. The van der Waals surface area contributed by atoms with Crippen molar-refractivity contribution in [3.05, 3.63) is 0 Å². The number of alkyl carbamates (subject to hydrolysis) is 1. The maximum Gasteiger partial charge on any atom is 0.407 e. The number of hydrogen-bond donors (Lipinski definition) is 2. The van der Waals surface area contributed by atoms with Gasteiger partial charge in [-0.05, 0) is 47.0 Å². The number of carbonyl (C=O) groups is 2. The van der Waals surface area contributed by atoms with Crippen LogP contribution in [0.4, 0.5) is 9.59 Å². The number of hydrogen-bond acceptors (Lipinski definition) is 3. The van der Waals surface area contributed by atoms with Gasteiger partial charge in [-0.2, -0.15) is 0 Å². The van der Waals surface area contributed by atoms with Gasteiger partial charge in [0, 0.05) is 12.6 Å². The molecule has 1 fully saturated rings. The van der Waals surface area contributed by atoms with Crippen molar-refractivity contribution in [1.82, 2.24) is 10.2 Å². The average molecular weight is 271 g/mol. The highest BCUT2D eigenvalue weighted by Gasteiger charge is 2.31. The zero-order valence-electron chi connectivity index (χ0n) is 12.2. The number of carbonyl (C=O) groups excluding carboxylic acids is 2. The van der Waals surface area contributed by atoms with Gasteiger partial charge in [-0.15, -0.1) is 0 Å². The second-order valence-corrected chi connectivity index (χ2v) is 6.03. The minimum Gasteiger partial charge on any atom is -0.444 e. The molecule has 6 nitrogen and oxygen atoms in total. The molecule has 19 heavy (non-hydrogen) atoms. The highest BCUT2D eigenvalue weighted by atomic mass is 16.6. The van der Waals surface area contributed by atoms with E-state index in [0.717, 1.165) is 19.3 Å². The topological polar surface area (TPSA) is 84.7 Å². The summed E-state index contributed by atoms with van der Waals surface area (Å²) in [6, 6.07) is -0.663. The third kappa shape index (κ3) is 4.96. The van der Waals surface area contributed by atoms with Crippen LogP contribution in [-0.4, -0.2) is 41.3 Å². The van der Waals surface area contributed by atoms with Gasteiger partial charge in [0.05, 0.1) is 6.04 Å². The largest absolute Gasteiger partial charge is 0.444 e. The molecule has 0 unspecified atom stereocenters. The minimum absolute atomic E-state index is 0.0567. The van der Waals surface area contributed by atoms with Gasteiger partial charge in [-0.3, -0.25) is 0 Å². The second-order valence-electron chi connectivity index (χ2n) is 6.03. The van der Waals surface area contributed by atoms with Gasteiger partial charge >= 0.3 is 12.1 Å². The fourth-order valence-electron chi connectivity index (χ4n) is 2.34. The predicted octanol–water partition coefficient (Wildman–Crippen LogP) is 1.83. The summed E-state index contributed by atoms with van der Waals surface area (Å²) >= 11 is 0. The maximum absolute atomic E-state index is 11.7. The van der Waals surface area contributed by atoms with Crippen LogP contribution in [0.25, 0.3) is 0 Å². The van der Waals surface area contributed by atoms with Gasteiger partial charge in [0.25, 0.3) is 0 Å². The third-order valence-corrected chi connectivity index (χ3v) is 3.15. The van der Waals surface area contributed by atoms with Gasteiger partial charge in [-0.25, -0.2) is 9.59 Å². The molecular formula is C13H25N3O3. The van der Waals surface area contributed by atoms with Gasteiger partial charge < -0.3 is 20.7 Å². The van der Waals surface area contributed by atoms with Crippen molar-refractivity contribution in [2.75, 3.05) is 6.54 Å². The van der Waals surface area contributed by atoms with Gasteiger partial charge in [0.2, 0.25) is 0 Å². The van der Waals surface area contributed by atoms with Crippen molar-refractivity contribution in [3.63, 3.8) is 0 Å².